The van der Waals surface area contributed by atoms with Crippen molar-refractivity contribution in [3.63, 3.8) is 0 Å². The zero-order valence-electron chi connectivity index (χ0n) is 13.9. The van der Waals surface area contributed by atoms with Crippen LogP contribution in [0.3, 0.4) is 0 Å². The van der Waals surface area contributed by atoms with Crippen LogP contribution < -0.4 is 10.6 Å². The first-order valence-electron chi connectivity index (χ1n) is 7.49. The van der Waals surface area contributed by atoms with E-state index in [1.165, 1.54) is 11.1 Å². The van der Waals surface area contributed by atoms with Crippen molar-refractivity contribution in [3.05, 3.63) is 46.3 Å². The molecule has 0 atom stereocenters. The van der Waals surface area contributed by atoms with Crippen LogP contribution in [0.1, 0.15) is 28.1 Å². The Labute approximate surface area is 131 Å². The summed E-state index contributed by atoms with van der Waals surface area (Å²) in [6.45, 7) is 8.66. The molecule has 1 heterocycles. The standard InChI is InChI=1S/C17H24N4O/c1-11-6-7-16(12(2)10-11)19-17(22)18-9-8-15-13(3)20-21(5)14(15)4/h6-7,10H,8-9H2,1-5H3,(H2,18,19,22). The Bertz CT molecular complexity index is 688. The minimum Gasteiger partial charge on any atom is -0.338 e. The van der Waals surface area contributed by atoms with E-state index in [-0.39, 0.29) is 6.03 Å². The highest BCUT2D eigenvalue weighted by Crippen LogP contribution is 2.16. The fraction of sp³-hybridized carbons (Fsp3) is 0.412. The van der Waals surface area contributed by atoms with Gasteiger partial charge in [-0.05, 0) is 51.3 Å². The topological polar surface area (TPSA) is 59.0 Å². The van der Waals surface area contributed by atoms with Gasteiger partial charge in [0.25, 0.3) is 0 Å². The number of anilines is 1. The van der Waals surface area contributed by atoms with Crippen molar-refractivity contribution < 1.29 is 4.79 Å². The summed E-state index contributed by atoms with van der Waals surface area (Å²) in [7, 11) is 1.94. The number of hydrogen-bond donors (Lipinski definition) is 2. The molecule has 0 aliphatic carbocycles. The Hall–Kier alpha value is -2.30. The van der Waals surface area contributed by atoms with E-state index in [4.69, 9.17) is 0 Å². The van der Waals surface area contributed by atoms with Gasteiger partial charge in [0.05, 0.1) is 5.69 Å². The lowest BCUT2D eigenvalue weighted by atomic mass is 10.1. The Kier molecular flexibility index (Phi) is 4.85. The quantitative estimate of drug-likeness (QED) is 0.912. The van der Waals surface area contributed by atoms with Gasteiger partial charge in [-0.25, -0.2) is 4.79 Å². The van der Waals surface area contributed by atoms with E-state index in [2.05, 4.69) is 21.8 Å². The van der Waals surface area contributed by atoms with Crippen molar-refractivity contribution in [2.24, 2.45) is 7.05 Å². The maximum absolute atomic E-state index is 12.0. The lowest BCUT2D eigenvalue weighted by Crippen LogP contribution is -2.30. The van der Waals surface area contributed by atoms with Gasteiger partial charge in [0.2, 0.25) is 0 Å². The first-order chi connectivity index (χ1) is 10.4. The number of rotatable bonds is 4. The molecule has 1 aromatic carbocycles. The zero-order valence-corrected chi connectivity index (χ0v) is 13.9. The number of urea groups is 1. The van der Waals surface area contributed by atoms with E-state index < -0.39 is 0 Å². The van der Waals surface area contributed by atoms with Crippen LogP contribution in [0.2, 0.25) is 0 Å². The third-order valence-electron chi connectivity index (χ3n) is 3.95. The third kappa shape index (κ3) is 3.67. The van der Waals surface area contributed by atoms with Crippen LogP contribution in [-0.4, -0.2) is 22.4 Å². The summed E-state index contributed by atoms with van der Waals surface area (Å²) < 4.78 is 1.88. The van der Waals surface area contributed by atoms with E-state index in [9.17, 15) is 4.79 Å². The van der Waals surface area contributed by atoms with Crippen LogP contribution in [0, 0.1) is 27.7 Å². The molecule has 22 heavy (non-hydrogen) atoms. The van der Waals surface area contributed by atoms with E-state index in [1.807, 2.05) is 51.6 Å². The van der Waals surface area contributed by atoms with Gasteiger partial charge in [0.1, 0.15) is 0 Å². The second-order valence-corrected chi connectivity index (χ2v) is 5.72. The first kappa shape index (κ1) is 16.1. The van der Waals surface area contributed by atoms with Crippen LogP contribution >= 0.6 is 0 Å². The highest BCUT2D eigenvalue weighted by atomic mass is 16.2. The third-order valence-corrected chi connectivity index (χ3v) is 3.95. The minimum atomic E-state index is -0.175. The number of benzene rings is 1. The van der Waals surface area contributed by atoms with Gasteiger partial charge < -0.3 is 10.6 Å². The molecule has 2 rings (SSSR count). The predicted octanol–water partition coefficient (Wildman–Crippen LogP) is 3.02. The second kappa shape index (κ2) is 6.64. The minimum absolute atomic E-state index is 0.175. The number of amides is 2. The van der Waals surface area contributed by atoms with Crippen molar-refractivity contribution >= 4 is 11.7 Å². The number of hydrogen-bond acceptors (Lipinski definition) is 2. The van der Waals surface area contributed by atoms with Gasteiger partial charge in [0, 0.05) is 25.0 Å². The summed E-state index contributed by atoms with van der Waals surface area (Å²) in [6, 6.07) is 5.80. The van der Waals surface area contributed by atoms with Crippen molar-refractivity contribution in [2.45, 2.75) is 34.1 Å². The average Bonchev–Trinajstić information content (AvgIpc) is 2.68. The monoisotopic (exact) mass is 300 g/mol. The smallest absolute Gasteiger partial charge is 0.319 e. The highest BCUT2D eigenvalue weighted by molar-refractivity contribution is 5.90. The number of nitrogens with one attached hydrogen (secondary N) is 2. The predicted molar refractivity (Wildman–Crippen MR) is 89.3 cm³/mol. The van der Waals surface area contributed by atoms with Crippen molar-refractivity contribution in [1.82, 2.24) is 15.1 Å². The Morgan fingerprint density at radius 3 is 2.55 bits per heavy atom. The van der Waals surface area contributed by atoms with Gasteiger partial charge in [-0.2, -0.15) is 5.10 Å². The molecular weight excluding hydrogens is 276 g/mol. The maximum Gasteiger partial charge on any atom is 0.319 e. The number of aryl methyl sites for hydroxylation is 4. The number of carbonyl (C=O) groups excluding carboxylic acids is 1. The molecule has 0 saturated heterocycles. The largest absolute Gasteiger partial charge is 0.338 e. The normalized spacial score (nSPS) is 10.6. The summed E-state index contributed by atoms with van der Waals surface area (Å²) in [4.78, 5) is 12.0. The molecular formula is C17H24N4O. The summed E-state index contributed by atoms with van der Waals surface area (Å²) >= 11 is 0. The molecule has 0 aliphatic rings. The van der Waals surface area contributed by atoms with E-state index in [0.29, 0.717) is 6.54 Å². The van der Waals surface area contributed by atoms with Crippen LogP contribution in [0.25, 0.3) is 0 Å². The lowest BCUT2D eigenvalue weighted by molar-refractivity contribution is 0.252. The molecule has 0 bridgehead atoms. The number of carbonyl (C=O) groups is 1. The fourth-order valence-electron chi connectivity index (χ4n) is 2.60. The van der Waals surface area contributed by atoms with E-state index in [0.717, 1.165) is 29.1 Å². The molecule has 118 valence electrons. The first-order valence-corrected chi connectivity index (χ1v) is 7.49. The summed E-state index contributed by atoms with van der Waals surface area (Å²) in [6.07, 6.45) is 0.784. The molecule has 0 radical (unpaired) electrons. The zero-order chi connectivity index (χ0) is 16.3. The molecule has 0 saturated carbocycles. The van der Waals surface area contributed by atoms with E-state index in [1.54, 1.807) is 0 Å². The average molecular weight is 300 g/mol. The second-order valence-electron chi connectivity index (χ2n) is 5.72. The molecule has 0 aliphatic heterocycles. The summed E-state index contributed by atoms with van der Waals surface area (Å²) in [5, 5.41) is 10.2. The summed E-state index contributed by atoms with van der Waals surface area (Å²) in [5.74, 6) is 0. The van der Waals surface area contributed by atoms with E-state index >= 15 is 0 Å². The fourth-order valence-corrected chi connectivity index (χ4v) is 2.60. The molecule has 2 N–H and O–H groups in total. The van der Waals surface area contributed by atoms with Crippen molar-refractivity contribution in [2.75, 3.05) is 11.9 Å². The van der Waals surface area contributed by atoms with Crippen LogP contribution in [-0.2, 0) is 13.5 Å². The highest BCUT2D eigenvalue weighted by Gasteiger charge is 2.10. The van der Waals surface area contributed by atoms with Gasteiger partial charge in [-0.1, -0.05) is 17.7 Å². The molecule has 2 aromatic rings. The maximum atomic E-state index is 12.0. The van der Waals surface area contributed by atoms with Gasteiger partial charge in [-0.3, -0.25) is 4.68 Å². The number of nitrogens with zero attached hydrogens (tertiary/aromatic N) is 2. The Morgan fingerprint density at radius 1 is 1.23 bits per heavy atom. The molecule has 5 nitrogen and oxygen atoms in total. The van der Waals surface area contributed by atoms with Crippen LogP contribution in [0.15, 0.2) is 18.2 Å². The van der Waals surface area contributed by atoms with Gasteiger partial charge in [0.15, 0.2) is 0 Å². The Morgan fingerprint density at radius 2 is 1.95 bits per heavy atom. The van der Waals surface area contributed by atoms with Crippen LogP contribution in [0.4, 0.5) is 10.5 Å². The molecule has 2 amide bonds. The lowest BCUT2D eigenvalue weighted by Gasteiger charge is -2.10. The number of aromatic nitrogens is 2. The molecule has 1 aromatic heterocycles. The molecule has 5 heteroatoms. The van der Waals surface area contributed by atoms with Gasteiger partial charge in [-0.15, -0.1) is 0 Å². The van der Waals surface area contributed by atoms with Crippen molar-refractivity contribution in [3.8, 4) is 0 Å². The van der Waals surface area contributed by atoms with Gasteiger partial charge >= 0.3 is 6.03 Å². The Balaban J connectivity index is 1.88. The summed E-state index contributed by atoms with van der Waals surface area (Å²) in [5.41, 5.74) is 6.47. The SMILES string of the molecule is Cc1ccc(NC(=O)NCCc2c(C)nn(C)c2C)c(C)c1. The van der Waals surface area contributed by atoms with Crippen molar-refractivity contribution in [1.29, 1.82) is 0 Å². The molecule has 0 spiro atoms. The molecule has 0 fully saturated rings. The molecule has 0 unspecified atom stereocenters. The van der Waals surface area contributed by atoms with Crippen LogP contribution in [0.5, 0.6) is 0 Å².